The summed E-state index contributed by atoms with van der Waals surface area (Å²) in [5.74, 6) is -0.182. The van der Waals surface area contributed by atoms with E-state index in [1.807, 2.05) is 0 Å². The van der Waals surface area contributed by atoms with Crippen molar-refractivity contribution in [3.63, 3.8) is 0 Å². The first-order valence-corrected chi connectivity index (χ1v) is 9.50. The van der Waals surface area contributed by atoms with E-state index in [0.29, 0.717) is 27.3 Å². The van der Waals surface area contributed by atoms with Crippen molar-refractivity contribution in [3.8, 4) is 0 Å². The molecule has 0 spiro atoms. The minimum absolute atomic E-state index is 0.150. The molecule has 3 aromatic carbocycles. The highest BCUT2D eigenvalue weighted by Gasteiger charge is 2.15. The number of alkyl halides is 2. The molecule has 0 atom stereocenters. The van der Waals surface area contributed by atoms with Crippen LogP contribution < -0.4 is 5.32 Å². The van der Waals surface area contributed by atoms with Gasteiger partial charge in [-0.1, -0.05) is 54.1 Å². The smallest absolute Gasteiger partial charge is 0.320 e. The number of fused-ring (bicyclic) bond motifs is 1. The summed E-state index contributed by atoms with van der Waals surface area (Å²) < 4.78 is 28.0. The fourth-order valence-corrected chi connectivity index (χ4v) is 3.34. The van der Waals surface area contributed by atoms with Gasteiger partial charge in [-0.25, -0.2) is 4.98 Å². The molecule has 0 unspecified atom stereocenters. The molecule has 7 heteroatoms. The van der Waals surface area contributed by atoms with Gasteiger partial charge in [-0.3, -0.25) is 9.36 Å². The van der Waals surface area contributed by atoms with Gasteiger partial charge in [0.25, 0.3) is 5.91 Å². The van der Waals surface area contributed by atoms with Crippen molar-refractivity contribution in [1.82, 2.24) is 9.55 Å². The van der Waals surface area contributed by atoms with Crippen LogP contribution in [0.4, 0.5) is 14.5 Å². The normalized spacial score (nSPS) is 11.5. The van der Waals surface area contributed by atoms with Gasteiger partial charge in [-0.15, -0.1) is 0 Å². The minimum atomic E-state index is -2.71. The van der Waals surface area contributed by atoms with Gasteiger partial charge in [-0.2, -0.15) is 8.78 Å². The Morgan fingerprint density at radius 2 is 1.77 bits per heavy atom. The Labute approximate surface area is 176 Å². The molecule has 150 valence electrons. The van der Waals surface area contributed by atoms with Gasteiger partial charge in [0.2, 0.25) is 0 Å². The number of benzene rings is 3. The Hall–Kier alpha value is -3.51. The number of nitrogens with one attached hydrogen (secondary N) is 1. The third-order valence-electron chi connectivity index (χ3n) is 4.51. The molecule has 0 aliphatic carbocycles. The third kappa shape index (κ3) is 4.09. The van der Waals surface area contributed by atoms with Gasteiger partial charge < -0.3 is 5.32 Å². The Morgan fingerprint density at radius 1 is 1.00 bits per heavy atom. The maximum atomic E-state index is 13.5. The molecule has 1 amide bonds. The summed E-state index contributed by atoms with van der Waals surface area (Å²) >= 11 is 6.07. The van der Waals surface area contributed by atoms with Crippen molar-refractivity contribution in [2.45, 2.75) is 6.55 Å². The number of hydrogen-bond donors (Lipinski definition) is 1. The lowest BCUT2D eigenvalue weighted by Gasteiger charge is -2.07. The van der Waals surface area contributed by atoms with E-state index >= 15 is 0 Å². The van der Waals surface area contributed by atoms with Crippen molar-refractivity contribution in [3.05, 3.63) is 94.8 Å². The summed E-state index contributed by atoms with van der Waals surface area (Å²) in [5, 5.41) is 3.15. The number of halogens is 3. The lowest BCUT2D eigenvalue weighted by molar-refractivity contribution is 0.0739. The highest BCUT2D eigenvalue weighted by Crippen LogP contribution is 2.25. The Bertz CT molecular complexity index is 1250. The molecule has 0 aliphatic rings. The number of hydrogen-bond acceptors (Lipinski definition) is 2. The summed E-state index contributed by atoms with van der Waals surface area (Å²) in [5.41, 5.74) is 2.51. The molecule has 4 rings (SSSR count). The quantitative estimate of drug-likeness (QED) is 0.398. The summed E-state index contributed by atoms with van der Waals surface area (Å²) in [7, 11) is 0. The highest BCUT2D eigenvalue weighted by molar-refractivity contribution is 6.34. The van der Waals surface area contributed by atoms with Crippen LogP contribution in [0.5, 0.6) is 0 Å². The zero-order chi connectivity index (χ0) is 21.1. The van der Waals surface area contributed by atoms with Crippen LogP contribution in [0.3, 0.4) is 0 Å². The maximum absolute atomic E-state index is 13.5. The van der Waals surface area contributed by atoms with E-state index in [-0.39, 0.29) is 11.7 Å². The lowest BCUT2D eigenvalue weighted by Crippen LogP contribution is -2.12. The standard InChI is InChI=1S/C23H16ClF2N3O/c24-18-9-2-1-8-17(18)22(30)27-16-7-5-6-15(14-16)12-13-21-28-19-10-3-4-11-20(19)29(21)23(25)26/h1-14,23H,(H,27,30)/b13-12+. The average Bonchev–Trinajstić information content (AvgIpc) is 3.11. The van der Waals surface area contributed by atoms with Crippen LogP contribution in [0.1, 0.15) is 28.3 Å². The number of nitrogens with zero attached hydrogens (tertiary/aromatic N) is 2. The molecule has 0 fully saturated rings. The largest absolute Gasteiger partial charge is 0.322 e. The van der Waals surface area contributed by atoms with Crippen LogP contribution in [-0.4, -0.2) is 15.5 Å². The van der Waals surface area contributed by atoms with Gasteiger partial charge >= 0.3 is 6.55 Å². The van der Waals surface area contributed by atoms with Gasteiger partial charge in [0.1, 0.15) is 5.82 Å². The van der Waals surface area contributed by atoms with E-state index in [0.717, 1.165) is 10.1 Å². The average molecular weight is 424 g/mol. The summed E-state index contributed by atoms with van der Waals surface area (Å²) in [6.45, 7) is -2.71. The minimum Gasteiger partial charge on any atom is -0.322 e. The molecule has 1 heterocycles. The zero-order valence-electron chi connectivity index (χ0n) is 15.6. The molecule has 0 aliphatic heterocycles. The van der Waals surface area contributed by atoms with Gasteiger partial charge in [0.15, 0.2) is 0 Å². The van der Waals surface area contributed by atoms with Crippen molar-refractivity contribution in [2.75, 3.05) is 5.32 Å². The summed E-state index contributed by atoms with van der Waals surface area (Å²) in [4.78, 5) is 16.7. The maximum Gasteiger partial charge on any atom is 0.320 e. The number of imidazole rings is 1. The Morgan fingerprint density at radius 3 is 2.57 bits per heavy atom. The molecule has 0 saturated carbocycles. The molecule has 0 bridgehead atoms. The van der Waals surface area contributed by atoms with E-state index in [9.17, 15) is 13.6 Å². The molecule has 0 saturated heterocycles. The van der Waals surface area contributed by atoms with Gasteiger partial charge in [0, 0.05) is 5.69 Å². The van der Waals surface area contributed by atoms with Crippen LogP contribution in [0.15, 0.2) is 72.8 Å². The van der Waals surface area contributed by atoms with Crippen LogP contribution in [0, 0.1) is 0 Å². The van der Waals surface area contributed by atoms with Crippen molar-refractivity contribution in [1.29, 1.82) is 0 Å². The number of aromatic nitrogens is 2. The van der Waals surface area contributed by atoms with E-state index in [2.05, 4.69) is 10.3 Å². The molecule has 1 aromatic heterocycles. The topological polar surface area (TPSA) is 46.9 Å². The number of para-hydroxylation sites is 2. The first kappa shape index (κ1) is 19.8. The second-order valence-electron chi connectivity index (χ2n) is 6.50. The number of carbonyl (C=O) groups excluding carboxylic acids is 1. The molecule has 4 nitrogen and oxygen atoms in total. The molecule has 1 N–H and O–H groups in total. The second-order valence-corrected chi connectivity index (χ2v) is 6.91. The Kier molecular flexibility index (Phi) is 5.59. The number of carbonyl (C=O) groups is 1. The van der Waals surface area contributed by atoms with E-state index in [1.165, 1.54) is 6.08 Å². The fourth-order valence-electron chi connectivity index (χ4n) is 3.12. The lowest BCUT2D eigenvalue weighted by atomic mass is 10.1. The predicted molar refractivity (Wildman–Crippen MR) is 116 cm³/mol. The van der Waals surface area contributed by atoms with Crippen LogP contribution >= 0.6 is 11.6 Å². The van der Waals surface area contributed by atoms with E-state index in [4.69, 9.17) is 11.6 Å². The first-order valence-electron chi connectivity index (χ1n) is 9.12. The summed E-state index contributed by atoms with van der Waals surface area (Å²) in [6, 6.07) is 20.5. The zero-order valence-corrected chi connectivity index (χ0v) is 16.4. The van der Waals surface area contributed by atoms with E-state index < -0.39 is 6.55 Å². The van der Waals surface area contributed by atoms with E-state index in [1.54, 1.807) is 78.9 Å². The predicted octanol–water partition coefficient (Wildman–Crippen LogP) is 6.51. The number of amides is 1. The van der Waals surface area contributed by atoms with Gasteiger partial charge in [-0.05, 0) is 48.0 Å². The van der Waals surface area contributed by atoms with Crippen molar-refractivity contribution < 1.29 is 13.6 Å². The monoisotopic (exact) mass is 423 g/mol. The molecular weight excluding hydrogens is 408 g/mol. The highest BCUT2D eigenvalue weighted by atomic mass is 35.5. The number of anilines is 1. The number of rotatable bonds is 5. The first-order chi connectivity index (χ1) is 14.5. The van der Waals surface area contributed by atoms with Crippen molar-refractivity contribution >= 4 is 46.4 Å². The van der Waals surface area contributed by atoms with Crippen LogP contribution in [0.25, 0.3) is 23.2 Å². The summed E-state index contributed by atoms with van der Waals surface area (Å²) in [6.07, 6.45) is 3.20. The molecule has 0 radical (unpaired) electrons. The molecule has 4 aromatic rings. The van der Waals surface area contributed by atoms with Gasteiger partial charge in [0.05, 0.1) is 21.6 Å². The molecular formula is C23H16ClF2N3O. The fraction of sp³-hybridized carbons (Fsp3) is 0.0435. The van der Waals surface area contributed by atoms with Crippen molar-refractivity contribution in [2.24, 2.45) is 0 Å². The van der Waals surface area contributed by atoms with Crippen LogP contribution in [0.2, 0.25) is 5.02 Å². The SMILES string of the molecule is O=C(Nc1cccc(/C=C/c2nc3ccccc3n2C(F)F)c1)c1ccccc1Cl. The Balaban J connectivity index is 1.59. The second kappa shape index (κ2) is 8.47. The molecule has 30 heavy (non-hydrogen) atoms. The third-order valence-corrected chi connectivity index (χ3v) is 4.84. The van der Waals surface area contributed by atoms with Crippen LogP contribution in [-0.2, 0) is 0 Å².